The van der Waals surface area contributed by atoms with Crippen molar-refractivity contribution in [2.24, 2.45) is 0 Å². The molecule has 0 aromatic heterocycles. The lowest BCUT2D eigenvalue weighted by molar-refractivity contribution is -0.120. The van der Waals surface area contributed by atoms with Gasteiger partial charge in [-0.15, -0.1) is 0 Å². The topological polar surface area (TPSA) is 70.2 Å². The summed E-state index contributed by atoms with van der Waals surface area (Å²) in [6.07, 6.45) is 0. The van der Waals surface area contributed by atoms with Gasteiger partial charge in [0.1, 0.15) is 0 Å². The van der Waals surface area contributed by atoms with Crippen LogP contribution in [0.4, 0.5) is 10.5 Å². The van der Waals surface area contributed by atoms with Gasteiger partial charge in [0, 0.05) is 10.7 Å². The molecule has 2 aromatic rings. The zero-order valence-corrected chi connectivity index (χ0v) is 13.4. The molecule has 0 spiro atoms. The molecule has 0 radical (unpaired) electrons. The number of hydrogen-bond donors (Lipinski definition) is 3. The lowest BCUT2D eigenvalue weighted by atomic mass is 10.1. The maximum Gasteiger partial charge on any atom is 0.319 e. The SMILES string of the molecule is C[C@@H](NC(=O)CNC(=O)Nc1ccccc1)c1ccc(Cl)cc1. The predicted octanol–water partition coefficient (Wildman–Crippen LogP) is 3.34. The van der Waals surface area contributed by atoms with E-state index in [2.05, 4.69) is 16.0 Å². The molecule has 0 heterocycles. The molecule has 0 aliphatic heterocycles. The molecule has 5 nitrogen and oxygen atoms in total. The van der Waals surface area contributed by atoms with Gasteiger partial charge in [0.15, 0.2) is 0 Å². The molecule has 6 heteroatoms. The second-order valence-electron chi connectivity index (χ2n) is 5.01. The van der Waals surface area contributed by atoms with Gasteiger partial charge in [-0.1, -0.05) is 41.9 Å². The average Bonchev–Trinajstić information content (AvgIpc) is 2.54. The zero-order chi connectivity index (χ0) is 16.7. The summed E-state index contributed by atoms with van der Waals surface area (Å²) in [4.78, 5) is 23.6. The van der Waals surface area contributed by atoms with Crippen molar-refractivity contribution in [3.63, 3.8) is 0 Å². The molecule has 2 aromatic carbocycles. The van der Waals surface area contributed by atoms with Crippen molar-refractivity contribution in [1.82, 2.24) is 10.6 Å². The van der Waals surface area contributed by atoms with Crippen LogP contribution in [0.3, 0.4) is 0 Å². The van der Waals surface area contributed by atoms with E-state index in [1.165, 1.54) is 0 Å². The summed E-state index contributed by atoms with van der Waals surface area (Å²) in [5.41, 5.74) is 1.61. The number of rotatable bonds is 5. The van der Waals surface area contributed by atoms with Gasteiger partial charge in [-0.25, -0.2) is 4.79 Å². The van der Waals surface area contributed by atoms with Crippen LogP contribution in [-0.2, 0) is 4.79 Å². The van der Waals surface area contributed by atoms with E-state index in [0.29, 0.717) is 10.7 Å². The van der Waals surface area contributed by atoms with Crippen LogP contribution in [0.15, 0.2) is 54.6 Å². The van der Waals surface area contributed by atoms with E-state index in [4.69, 9.17) is 11.6 Å². The summed E-state index contributed by atoms with van der Waals surface area (Å²) >= 11 is 5.83. The lowest BCUT2D eigenvalue weighted by Crippen LogP contribution is -2.39. The van der Waals surface area contributed by atoms with Gasteiger partial charge < -0.3 is 16.0 Å². The van der Waals surface area contributed by atoms with Crippen molar-refractivity contribution in [3.8, 4) is 0 Å². The maximum atomic E-state index is 11.9. The number of carbonyl (C=O) groups excluding carboxylic acids is 2. The Labute approximate surface area is 140 Å². The Morgan fingerprint density at radius 3 is 2.35 bits per heavy atom. The third-order valence-corrected chi connectivity index (χ3v) is 3.44. The Bertz CT molecular complexity index is 659. The maximum absolute atomic E-state index is 11.9. The molecule has 3 amide bonds. The fraction of sp³-hybridized carbons (Fsp3) is 0.176. The summed E-state index contributed by atoms with van der Waals surface area (Å²) in [7, 11) is 0. The number of urea groups is 1. The molecule has 23 heavy (non-hydrogen) atoms. The third-order valence-electron chi connectivity index (χ3n) is 3.19. The minimum Gasteiger partial charge on any atom is -0.348 e. The average molecular weight is 332 g/mol. The summed E-state index contributed by atoms with van der Waals surface area (Å²) < 4.78 is 0. The van der Waals surface area contributed by atoms with Gasteiger partial charge in [-0.2, -0.15) is 0 Å². The van der Waals surface area contributed by atoms with Crippen molar-refractivity contribution in [1.29, 1.82) is 0 Å². The van der Waals surface area contributed by atoms with Crippen LogP contribution in [0, 0.1) is 0 Å². The molecular weight excluding hydrogens is 314 g/mol. The van der Waals surface area contributed by atoms with Gasteiger partial charge in [0.25, 0.3) is 0 Å². The first-order valence-electron chi connectivity index (χ1n) is 7.19. The van der Waals surface area contributed by atoms with Crippen LogP contribution >= 0.6 is 11.6 Å². The minimum absolute atomic E-state index is 0.101. The quantitative estimate of drug-likeness (QED) is 0.786. The van der Waals surface area contributed by atoms with Gasteiger partial charge in [0.2, 0.25) is 5.91 Å². The number of halogens is 1. The van der Waals surface area contributed by atoms with Crippen LogP contribution < -0.4 is 16.0 Å². The molecule has 0 fully saturated rings. The monoisotopic (exact) mass is 331 g/mol. The molecule has 3 N–H and O–H groups in total. The number of nitrogens with one attached hydrogen (secondary N) is 3. The first kappa shape index (κ1) is 16.8. The van der Waals surface area contributed by atoms with Crippen LogP contribution in [0.1, 0.15) is 18.5 Å². The fourth-order valence-electron chi connectivity index (χ4n) is 1.98. The second-order valence-corrected chi connectivity index (χ2v) is 5.45. The molecule has 0 aliphatic carbocycles. The van der Waals surface area contributed by atoms with E-state index in [9.17, 15) is 9.59 Å². The number of anilines is 1. The highest BCUT2D eigenvalue weighted by atomic mass is 35.5. The summed E-state index contributed by atoms with van der Waals surface area (Å²) in [6, 6.07) is 15.7. The number of carbonyl (C=O) groups is 2. The van der Waals surface area contributed by atoms with Crippen LogP contribution in [0.2, 0.25) is 5.02 Å². The molecule has 2 rings (SSSR count). The molecule has 1 atom stereocenters. The Morgan fingerprint density at radius 1 is 1.04 bits per heavy atom. The summed E-state index contributed by atoms with van der Waals surface area (Å²) in [6.45, 7) is 1.77. The van der Waals surface area contributed by atoms with Crippen molar-refractivity contribution >= 4 is 29.2 Å². The Hall–Kier alpha value is -2.53. The Morgan fingerprint density at radius 2 is 1.70 bits per heavy atom. The van der Waals surface area contributed by atoms with E-state index in [-0.39, 0.29) is 18.5 Å². The number of benzene rings is 2. The molecule has 0 bridgehead atoms. The highest BCUT2D eigenvalue weighted by Gasteiger charge is 2.10. The number of para-hydroxylation sites is 1. The van der Waals surface area contributed by atoms with E-state index in [0.717, 1.165) is 5.56 Å². The number of hydrogen-bond acceptors (Lipinski definition) is 2. The normalized spacial score (nSPS) is 11.4. The molecule has 0 saturated carbocycles. The van der Waals surface area contributed by atoms with E-state index in [1.807, 2.05) is 37.3 Å². The van der Waals surface area contributed by atoms with Gasteiger partial charge >= 0.3 is 6.03 Å². The first-order chi connectivity index (χ1) is 11.0. The van der Waals surface area contributed by atoms with Gasteiger partial charge in [0.05, 0.1) is 12.6 Å². The van der Waals surface area contributed by atoms with E-state index in [1.54, 1.807) is 24.3 Å². The standard InChI is InChI=1S/C17H18ClN3O2/c1-12(13-7-9-14(18)10-8-13)20-16(22)11-19-17(23)21-15-5-3-2-4-6-15/h2-10,12H,11H2,1H3,(H,20,22)(H2,19,21,23)/t12-/m1/s1. The minimum atomic E-state index is -0.425. The Kier molecular flexibility index (Phi) is 6.00. The molecule has 0 unspecified atom stereocenters. The fourth-order valence-corrected chi connectivity index (χ4v) is 2.11. The predicted molar refractivity (Wildman–Crippen MR) is 91.5 cm³/mol. The van der Waals surface area contributed by atoms with Crippen LogP contribution in [0.5, 0.6) is 0 Å². The summed E-state index contributed by atoms with van der Waals surface area (Å²) in [5.74, 6) is -0.268. The smallest absolute Gasteiger partial charge is 0.319 e. The largest absolute Gasteiger partial charge is 0.348 e. The molecule has 0 aliphatic rings. The number of amides is 3. The molecule has 120 valence electrons. The second kappa shape index (κ2) is 8.19. The highest BCUT2D eigenvalue weighted by Crippen LogP contribution is 2.15. The lowest BCUT2D eigenvalue weighted by Gasteiger charge is -2.15. The summed E-state index contributed by atoms with van der Waals surface area (Å²) in [5, 5.41) is 8.61. The van der Waals surface area contributed by atoms with Gasteiger partial charge in [-0.05, 0) is 36.8 Å². The van der Waals surface area contributed by atoms with Crippen molar-refractivity contribution in [2.75, 3.05) is 11.9 Å². The van der Waals surface area contributed by atoms with E-state index >= 15 is 0 Å². The van der Waals surface area contributed by atoms with Crippen molar-refractivity contribution in [3.05, 3.63) is 65.2 Å². The van der Waals surface area contributed by atoms with E-state index < -0.39 is 6.03 Å². The van der Waals surface area contributed by atoms with Crippen molar-refractivity contribution in [2.45, 2.75) is 13.0 Å². The van der Waals surface area contributed by atoms with Crippen LogP contribution in [0.25, 0.3) is 0 Å². The van der Waals surface area contributed by atoms with Crippen LogP contribution in [-0.4, -0.2) is 18.5 Å². The Balaban J connectivity index is 1.76. The first-order valence-corrected chi connectivity index (χ1v) is 7.57. The zero-order valence-electron chi connectivity index (χ0n) is 12.7. The highest BCUT2D eigenvalue weighted by molar-refractivity contribution is 6.30. The van der Waals surface area contributed by atoms with Gasteiger partial charge in [-0.3, -0.25) is 4.79 Å². The van der Waals surface area contributed by atoms with Crippen molar-refractivity contribution < 1.29 is 9.59 Å². The third kappa shape index (κ3) is 5.64. The molecular formula is C17H18ClN3O2. The molecule has 0 saturated heterocycles.